The van der Waals surface area contributed by atoms with E-state index in [0.717, 1.165) is 50.3 Å². The molecule has 1 aromatic heterocycles. The van der Waals surface area contributed by atoms with E-state index in [9.17, 15) is 0 Å². The predicted molar refractivity (Wildman–Crippen MR) is 255 cm³/mol. The van der Waals surface area contributed by atoms with Crippen molar-refractivity contribution < 1.29 is 0 Å². The first-order chi connectivity index (χ1) is 30.0. The molecule has 288 valence electrons. The van der Waals surface area contributed by atoms with Gasteiger partial charge in [0.25, 0.3) is 0 Å². The Labute approximate surface area is 357 Å². The van der Waals surface area contributed by atoms with E-state index in [-0.39, 0.29) is 5.41 Å². The van der Waals surface area contributed by atoms with Crippen molar-refractivity contribution in [2.75, 3.05) is 0 Å². The molecule has 1 aliphatic rings. The highest BCUT2D eigenvalue weighted by Crippen LogP contribution is 2.53. The fraction of sp³-hybridized carbons (Fsp3) is 0.0508. The molecule has 0 aliphatic heterocycles. The first-order valence-corrected chi connectivity index (χ1v) is 21.1. The lowest BCUT2D eigenvalue weighted by Crippen LogP contribution is -2.14. The molecule has 1 aliphatic carbocycles. The summed E-state index contributed by atoms with van der Waals surface area (Å²) in [6.45, 7) is 4.73. The molecule has 11 rings (SSSR count). The molecule has 0 saturated heterocycles. The second-order valence-corrected chi connectivity index (χ2v) is 16.5. The molecule has 9 aromatic carbocycles. The Kier molecular flexibility index (Phi) is 8.86. The smallest absolute Gasteiger partial charge is 0.160 e. The van der Waals surface area contributed by atoms with E-state index in [1.807, 2.05) is 6.07 Å². The van der Waals surface area contributed by atoms with Crippen molar-refractivity contribution in [3.8, 4) is 89.5 Å². The van der Waals surface area contributed by atoms with Crippen molar-refractivity contribution in [1.29, 1.82) is 0 Å². The van der Waals surface area contributed by atoms with Crippen molar-refractivity contribution >= 4 is 10.8 Å². The van der Waals surface area contributed by atoms with Gasteiger partial charge in [0.15, 0.2) is 5.82 Å². The SMILES string of the molecule is CC1(C)c2cc3ccccc3cc2-c2c(-c3cccc(-c4ccccc4-c4cc(-c5ccccc5-c5ccc(-c6ccccc6)cc5)nc(-c5ccccc5)n4)c3)cccc21. The van der Waals surface area contributed by atoms with Crippen LogP contribution in [0.2, 0.25) is 0 Å². The first kappa shape index (κ1) is 36.4. The Balaban J connectivity index is 1.04. The van der Waals surface area contributed by atoms with Gasteiger partial charge in [-0.3, -0.25) is 0 Å². The molecule has 0 N–H and O–H groups in total. The molecule has 0 amide bonds. The van der Waals surface area contributed by atoms with E-state index in [2.05, 4.69) is 226 Å². The normalized spacial score (nSPS) is 12.6. The van der Waals surface area contributed by atoms with E-state index in [1.165, 1.54) is 55.3 Å². The Morgan fingerprint density at radius 1 is 0.295 bits per heavy atom. The molecule has 0 bridgehead atoms. The fourth-order valence-electron chi connectivity index (χ4n) is 9.40. The van der Waals surface area contributed by atoms with E-state index in [1.54, 1.807) is 0 Å². The van der Waals surface area contributed by atoms with Gasteiger partial charge < -0.3 is 0 Å². The summed E-state index contributed by atoms with van der Waals surface area (Å²) < 4.78 is 0. The highest BCUT2D eigenvalue weighted by molar-refractivity contribution is 5.99. The third-order valence-corrected chi connectivity index (χ3v) is 12.5. The zero-order valence-electron chi connectivity index (χ0n) is 34.2. The average Bonchev–Trinajstić information content (AvgIpc) is 3.56. The van der Waals surface area contributed by atoms with Gasteiger partial charge in [0, 0.05) is 22.1 Å². The Morgan fingerprint density at radius 3 is 1.41 bits per heavy atom. The molecule has 0 unspecified atom stereocenters. The molecular weight excluding hydrogens is 737 g/mol. The predicted octanol–water partition coefficient (Wildman–Crippen LogP) is 15.6. The molecule has 1 heterocycles. The number of hydrogen-bond donors (Lipinski definition) is 0. The van der Waals surface area contributed by atoms with Crippen LogP contribution in [0.1, 0.15) is 25.0 Å². The van der Waals surface area contributed by atoms with Crippen molar-refractivity contribution in [2.24, 2.45) is 0 Å². The molecule has 0 radical (unpaired) electrons. The minimum Gasteiger partial charge on any atom is -0.228 e. The molecule has 0 fully saturated rings. The fourth-order valence-corrected chi connectivity index (χ4v) is 9.40. The molecule has 61 heavy (non-hydrogen) atoms. The van der Waals surface area contributed by atoms with Crippen LogP contribution < -0.4 is 0 Å². The second-order valence-electron chi connectivity index (χ2n) is 16.5. The second kappa shape index (κ2) is 14.9. The van der Waals surface area contributed by atoms with Crippen molar-refractivity contribution in [3.63, 3.8) is 0 Å². The quantitative estimate of drug-likeness (QED) is 0.161. The molecule has 0 spiro atoms. The van der Waals surface area contributed by atoms with Gasteiger partial charge >= 0.3 is 0 Å². The van der Waals surface area contributed by atoms with Crippen molar-refractivity contribution in [3.05, 3.63) is 230 Å². The Morgan fingerprint density at radius 2 is 0.754 bits per heavy atom. The largest absolute Gasteiger partial charge is 0.228 e. The van der Waals surface area contributed by atoms with Gasteiger partial charge in [0.2, 0.25) is 0 Å². The summed E-state index contributed by atoms with van der Waals surface area (Å²) >= 11 is 0. The first-order valence-electron chi connectivity index (χ1n) is 21.1. The lowest BCUT2D eigenvalue weighted by Gasteiger charge is -2.22. The Bertz CT molecular complexity index is 3250. The van der Waals surface area contributed by atoms with Gasteiger partial charge in [-0.2, -0.15) is 0 Å². The molecule has 0 atom stereocenters. The van der Waals surface area contributed by atoms with Crippen LogP contribution >= 0.6 is 0 Å². The number of rotatable bonds is 7. The van der Waals surface area contributed by atoms with Crippen LogP contribution in [0.15, 0.2) is 218 Å². The minimum absolute atomic E-state index is 0.111. The molecular formula is C59H42N2. The van der Waals surface area contributed by atoms with Gasteiger partial charge in [-0.1, -0.05) is 208 Å². The molecule has 0 saturated carbocycles. The minimum atomic E-state index is -0.111. The molecule has 10 aromatic rings. The van der Waals surface area contributed by atoms with Gasteiger partial charge in [-0.15, -0.1) is 0 Å². The zero-order valence-corrected chi connectivity index (χ0v) is 34.2. The summed E-state index contributed by atoms with van der Waals surface area (Å²) in [6.07, 6.45) is 0. The maximum atomic E-state index is 5.32. The van der Waals surface area contributed by atoms with E-state index in [4.69, 9.17) is 9.97 Å². The zero-order chi connectivity index (χ0) is 40.9. The summed E-state index contributed by atoms with van der Waals surface area (Å²) in [5.74, 6) is 0.694. The number of nitrogens with zero attached hydrogens (tertiary/aromatic N) is 2. The summed E-state index contributed by atoms with van der Waals surface area (Å²) in [6, 6.07) is 78.5. The van der Waals surface area contributed by atoms with Crippen LogP contribution in [0, 0.1) is 0 Å². The van der Waals surface area contributed by atoms with Gasteiger partial charge in [-0.25, -0.2) is 9.97 Å². The maximum Gasteiger partial charge on any atom is 0.160 e. The van der Waals surface area contributed by atoms with Crippen LogP contribution in [0.4, 0.5) is 0 Å². The van der Waals surface area contributed by atoms with Crippen LogP contribution in [0.25, 0.3) is 100 Å². The average molecular weight is 779 g/mol. The third-order valence-electron chi connectivity index (χ3n) is 12.5. The monoisotopic (exact) mass is 778 g/mol. The highest BCUT2D eigenvalue weighted by atomic mass is 14.9. The summed E-state index contributed by atoms with van der Waals surface area (Å²) in [5.41, 5.74) is 19.5. The molecule has 2 heteroatoms. The lowest BCUT2D eigenvalue weighted by molar-refractivity contribution is 0.661. The summed E-state index contributed by atoms with van der Waals surface area (Å²) in [4.78, 5) is 10.6. The molecule has 2 nitrogen and oxygen atoms in total. The standard InChI is InChI=1S/C59H42N2/c1-59(2)53-30-16-29-49(57(53)52-36-43-21-9-10-22-44(43)37-54(52)59)46-24-15-23-45(35-46)48-26-12-14-28-51(48)56-38-55(60-58(61-56)42-19-7-4-8-20-42)50-27-13-11-25-47(50)41-33-31-40(32-34-41)39-17-5-3-6-18-39/h3-38H,1-2H3. The van der Waals surface area contributed by atoms with Crippen molar-refractivity contribution in [1.82, 2.24) is 9.97 Å². The Hall–Kier alpha value is -7.68. The van der Waals surface area contributed by atoms with Crippen LogP contribution in [-0.4, -0.2) is 9.97 Å². The van der Waals surface area contributed by atoms with E-state index >= 15 is 0 Å². The number of benzene rings is 9. The van der Waals surface area contributed by atoms with Gasteiger partial charge in [0.1, 0.15) is 0 Å². The van der Waals surface area contributed by atoms with Crippen LogP contribution in [-0.2, 0) is 5.41 Å². The summed E-state index contributed by atoms with van der Waals surface area (Å²) in [7, 11) is 0. The van der Waals surface area contributed by atoms with Gasteiger partial charge in [-0.05, 0) is 102 Å². The van der Waals surface area contributed by atoms with Crippen LogP contribution in [0.5, 0.6) is 0 Å². The maximum absolute atomic E-state index is 5.32. The van der Waals surface area contributed by atoms with E-state index < -0.39 is 0 Å². The van der Waals surface area contributed by atoms with E-state index in [0.29, 0.717) is 5.82 Å². The number of aromatic nitrogens is 2. The van der Waals surface area contributed by atoms with Gasteiger partial charge in [0.05, 0.1) is 11.4 Å². The number of fused-ring (bicyclic) bond motifs is 4. The number of hydrogen-bond acceptors (Lipinski definition) is 2. The van der Waals surface area contributed by atoms with Crippen molar-refractivity contribution in [2.45, 2.75) is 19.3 Å². The lowest BCUT2D eigenvalue weighted by atomic mass is 9.81. The highest BCUT2D eigenvalue weighted by Gasteiger charge is 2.37. The third kappa shape index (κ3) is 6.45. The summed E-state index contributed by atoms with van der Waals surface area (Å²) in [5, 5.41) is 2.55. The van der Waals surface area contributed by atoms with Crippen LogP contribution in [0.3, 0.4) is 0 Å². The topological polar surface area (TPSA) is 25.8 Å².